The number of anilines is 1. The van der Waals surface area contributed by atoms with Gasteiger partial charge >= 0.3 is 0 Å². The van der Waals surface area contributed by atoms with Gasteiger partial charge in [0.1, 0.15) is 17.7 Å². The summed E-state index contributed by atoms with van der Waals surface area (Å²) in [5.41, 5.74) is 0.522. The van der Waals surface area contributed by atoms with Crippen LogP contribution >= 0.6 is 0 Å². The SMILES string of the molecule is CCn1ccc(NCc2cccc(C#N)c2F)n1. The molecule has 0 unspecified atom stereocenters. The Labute approximate surface area is 105 Å². The third kappa shape index (κ3) is 2.48. The predicted octanol–water partition coefficient (Wildman–Crippen LogP) is 2.53. The Morgan fingerprint density at radius 1 is 1.44 bits per heavy atom. The summed E-state index contributed by atoms with van der Waals surface area (Å²) in [6.07, 6.45) is 1.85. The molecule has 4 nitrogen and oxygen atoms in total. The molecule has 2 aromatic rings. The molecule has 92 valence electrons. The van der Waals surface area contributed by atoms with Crippen molar-refractivity contribution in [3.05, 3.63) is 47.4 Å². The lowest BCUT2D eigenvalue weighted by atomic mass is 10.1. The molecule has 0 bridgehead atoms. The molecular weight excluding hydrogens is 231 g/mol. The Balaban J connectivity index is 2.09. The van der Waals surface area contributed by atoms with E-state index in [0.29, 0.717) is 17.9 Å². The van der Waals surface area contributed by atoms with Crippen LogP contribution in [0.1, 0.15) is 18.1 Å². The number of benzene rings is 1. The van der Waals surface area contributed by atoms with E-state index in [9.17, 15) is 4.39 Å². The highest BCUT2D eigenvalue weighted by Gasteiger charge is 2.07. The van der Waals surface area contributed by atoms with Gasteiger partial charge in [0.05, 0.1) is 5.56 Å². The largest absolute Gasteiger partial charge is 0.364 e. The van der Waals surface area contributed by atoms with Gasteiger partial charge in [-0.3, -0.25) is 4.68 Å². The molecule has 0 aliphatic heterocycles. The topological polar surface area (TPSA) is 53.6 Å². The number of nitrogens with zero attached hydrogens (tertiary/aromatic N) is 3. The molecule has 0 aliphatic carbocycles. The van der Waals surface area contributed by atoms with Crippen molar-refractivity contribution in [1.29, 1.82) is 5.26 Å². The molecule has 18 heavy (non-hydrogen) atoms. The molecule has 0 aliphatic rings. The van der Waals surface area contributed by atoms with Crippen molar-refractivity contribution >= 4 is 5.82 Å². The molecule has 1 aromatic carbocycles. The maximum atomic E-state index is 13.8. The van der Waals surface area contributed by atoms with Crippen LogP contribution in [0.3, 0.4) is 0 Å². The fourth-order valence-corrected chi connectivity index (χ4v) is 1.62. The molecule has 0 saturated heterocycles. The minimum absolute atomic E-state index is 0.0633. The fraction of sp³-hybridized carbons (Fsp3) is 0.231. The van der Waals surface area contributed by atoms with E-state index in [2.05, 4.69) is 10.4 Å². The summed E-state index contributed by atoms with van der Waals surface area (Å²) in [4.78, 5) is 0. The Bertz CT molecular complexity index is 583. The predicted molar refractivity (Wildman–Crippen MR) is 66.3 cm³/mol. The van der Waals surface area contributed by atoms with Crippen LogP contribution in [0.15, 0.2) is 30.5 Å². The molecule has 0 amide bonds. The molecular formula is C13H13FN4. The van der Waals surface area contributed by atoms with Crippen LogP contribution in [0.4, 0.5) is 10.2 Å². The Morgan fingerprint density at radius 3 is 2.94 bits per heavy atom. The van der Waals surface area contributed by atoms with Gasteiger partial charge in [0.15, 0.2) is 0 Å². The second-order valence-electron chi connectivity index (χ2n) is 3.80. The van der Waals surface area contributed by atoms with Crippen molar-refractivity contribution in [3.63, 3.8) is 0 Å². The molecule has 1 heterocycles. The number of rotatable bonds is 4. The molecule has 0 atom stereocenters. The second kappa shape index (κ2) is 5.32. The minimum Gasteiger partial charge on any atom is -0.364 e. The Hall–Kier alpha value is -2.35. The molecule has 1 aromatic heterocycles. The van der Waals surface area contributed by atoms with Crippen molar-refractivity contribution in [3.8, 4) is 6.07 Å². The van der Waals surface area contributed by atoms with Gasteiger partial charge in [-0.1, -0.05) is 12.1 Å². The molecule has 0 radical (unpaired) electrons. The highest BCUT2D eigenvalue weighted by molar-refractivity contribution is 5.38. The van der Waals surface area contributed by atoms with Crippen LogP contribution in [0.2, 0.25) is 0 Å². The lowest BCUT2D eigenvalue weighted by Crippen LogP contribution is -2.04. The van der Waals surface area contributed by atoms with Gasteiger partial charge < -0.3 is 5.32 Å². The van der Waals surface area contributed by atoms with Gasteiger partial charge in [-0.25, -0.2) is 4.39 Å². The number of hydrogen-bond acceptors (Lipinski definition) is 3. The number of aryl methyl sites for hydroxylation is 1. The van der Waals surface area contributed by atoms with Crippen molar-refractivity contribution in [2.24, 2.45) is 0 Å². The maximum absolute atomic E-state index is 13.8. The summed E-state index contributed by atoms with van der Waals surface area (Å²) in [6.45, 7) is 3.09. The van der Waals surface area contributed by atoms with Crippen LogP contribution in [-0.2, 0) is 13.1 Å². The Morgan fingerprint density at radius 2 is 2.28 bits per heavy atom. The van der Waals surface area contributed by atoms with E-state index >= 15 is 0 Å². The third-order valence-corrected chi connectivity index (χ3v) is 2.62. The first-order valence-electron chi connectivity index (χ1n) is 5.69. The fourth-order valence-electron chi connectivity index (χ4n) is 1.62. The standard InChI is InChI=1S/C13H13FN4/c1-2-18-7-6-12(17-18)16-9-11-5-3-4-10(8-15)13(11)14/h3-7H,2,9H2,1H3,(H,16,17). The number of aromatic nitrogens is 2. The second-order valence-corrected chi connectivity index (χ2v) is 3.80. The molecule has 0 saturated carbocycles. The van der Waals surface area contributed by atoms with E-state index in [0.717, 1.165) is 6.54 Å². The van der Waals surface area contributed by atoms with Crippen molar-refractivity contribution < 1.29 is 4.39 Å². The number of nitriles is 1. The van der Waals surface area contributed by atoms with Crippen LogP contribution in [-0.4, -0.2) is 9.78 Å². The van der Waals surface area contributed by atoms with E-state index in [1.54, 1.807) is 16.8 Å². The quantitative estimate of drug-likeness (QED) is 0.899. The summed E-state index contributed by atoms with van der Waals surface area (Å²) in [6, 6.07) is 8.44. The molecule has 0 fully saturated rings. The summed E-state index contributed by atoms with van der Waals surface area (Å²) >= 11 is 0. The van der Waals surface area contributed by atoms with Crippen molar-refractivity contribution in [2.75, 3.05) is 5.32 Å². The van der Waals surface area contributed by atoms with E-state index in [1.165, 1.54) is 6.07 Å². The zero-order valence-corrected chi connectivity index (χ0v) is 10.0. The zero-order valence-electron chi connectivity index (χ0n) is 10.0. The zero-order chi connectivity index (χ0) is 13.0. The first-order chi connectivity index (χ1) is 8.74. The number of halogens is 1. The first kappa shape index (κ1) is 12.1. The van der Waals surface area contributed by atoms with Gasteiger partial charge in [-0.15, -0.1) is 0 Å². The summed E-state index contributed by atoms with van der Waals surface area (Å²) in [5, 5.41) is 16.0. The van der Waals surface area contributed by atoms with Crippen molar-refractivity contribution in [2.45, 2.75) is 20.0 Å². The van der Waals surface area contributed by atoms with Crippen LogP contribution in [0, 0.1) is 17.1 Å². The molecule has 5 heteroatoms. The van der Waals surface area contributed by atoms with E-state index in [4.69, 9.17) is 5.26 Å². The average Bonchev–Trinajstić information content (AvgIpc) is 2.85. The van der Waals surface area contributed by atoms with Gasteiger partial charge in [0.25, 0.3) is 0 Å². The minimum atomic E-state index is -0.470. The molecule has 1 N–H and O–H groups in total. The molecule has 0 spiro atoms. The van der Waals surface area contributed by atoms with E-state index < -0.39 is 5.82 Å². The smallest absolute Gasteiger partial charge is 0.148 e. The lowest BCUT2D eigenvalue weighted by molar-refractivity contribution is 0.608. The van der Waals surface area contributed by atoms with Crippen LogP contribution in [0.25, 0.3) is 0 Å². The van der Waals surface area contributed by atoms with Crippen molar-refractivity contribution in [1.82, 2.24) is 9.78 Å². The normalized spacial score (nSPS) is 10.1. The summed E-state index contributed by atoms with van der Waals surface area (Å²) in [5.74, 6) is 0.223. The van der Waals surface area contributed by atoms with E-state index in [-0.39, 0.29) is 5.56 Å². The lowest BCUT2D eigenvalue weighted by Gasteiger charge is -2.05. The van der Waals surface area contributed by atoms with Gasteiger partial charge in [0, 0.05) is 30.9 Å². The third-order valence-electron chi connectivity index (χ3n) is 2.62. The average molecular weight is 244 g/mol. The van der Waals surface area contributed by atoms with Gasteiger partial charge in [-0.05, 0) is 13.0 Å². The van der Waals surface area contributed by atoms with Crippen LogP contribution in [0.5, 0.6) is 0 Å². The summed E-state index contributed by atoms with van der Waals surface area (Å²) < 4.78 is 15.5. The number of hydrogen-bond donors (Lipinski definition) is 1. The Kier molecular flexibility index (Phi) is 3.58. The van der Waals surface area contributed by atoms with Gasteiger partial charge in [-0.2, -0.15) is 10.4 Å². The van der Waals surface area contributed by atoms with Crippen LogP contribution < -0.4 is 5.32 Å². The molecule has 2 rings (SSSR count). The highest BCUT2D eigenvalue weighted by Crippen LogP contribution is 2.13. The highest BCUT2D eigenvalue weighted by atomic mass is 19.1. The summed E-state index contributed by atoms with van der Waals surface area (Å²) in [7, 11) is 0. The van der Waals surface area contributed by atoms with Gasteiger partial charge in [0.2, 0.25) is 0 Å². The monoisotopic (exact) mass is 244 g/mol. The first-order valence-corrected chi connectivity index (χ1v) is 5.69. The number of nitrogens with one attached hydrogen (secondary N) is 1. The maximum Gasteiger partial charge on any atom is 0.148 e. The van der Waals surface area contributed by atoms with E-state index in [1.807, 2.05) is 25.3 Å².